The summed E-state index contributed by atoms with van der Waals surface area (Å²) in [7, 11) is 1.63. The molecule has 0 radical (unpaired) electrons. The second-order valence-corrected chi connectivity index (χ2v) is 6.45. The molecule has 2 atom stereocenters. The second kappa shape index (κ2) is 9.42. The van der Waals surface area contributed by atoms with E-state index < -0.39 is 5.97 Å². The van der Waals surface area contributed by atoms with Crippen LogP contribution in [0.25, 0.3) is 0 Å². The fourth-order valence-corrected chi connectivity index (χ4v) is 3.34. The zero-order valence-corrected chi connectivity index (χ0v) is 14.3. The van der Waals surface area contributed by atoms with Crippen molar-refractivity contribution in [2.45, 2.75) is 32.1 Å². The maximum absolute atomic E-state index is 12.7. The Morgan fingerprint density at radius 1 is 1.17 bits per heavy atom. The van der Waals surface area contributed by atoms with Gasteiger partial charge in [0, 0.05) is 26.1 Å². The lowest BCUT2D eigenvalue weighted by Crippen LogP contribution is -2.38. The average molecular weight is 333 g/mol. The van der Waals surface area contributed by atoms with Crippen molar-refractivity contribution in [3.63, 3.8) is 0 Å². The molecule has 1 aromatic carbocycles. The fourth-order valence-electron chi connectivity index (χ4n) is 3.34. The normalized spacial score (nSPS) is 20.0. The molecule has 1 aliphatic carbocycles. The van der Waals surface area contributed by atoms with Gasteiger partial charge in [-0.05, 0) is 37.7 Å². The molecule has 1 saturated carbocycles. The summed E-state index contributed by atoms with van der Waals surface area (Å²) in [4.78, 5) is 25.7. The van der Waals surface area contributed by atoms with Crippen LogP contribution in [0.1, 0.15) is 31.2 Å². The van der Waals surface area contributed by atoms with Crippen LogP contribution >= 0.6 is 0 Å². The molecule has 132 valence electrons. The van der Waals surface area contributed by atoms with Crippen LogP contribution < -0.4 is 0 Å². The number of hydrogen-bond acceptors (Lipinski definition) is 3. The number of carboxylic acid groups (broad SMARTS) is 1. The molecule has 1 aliphatic rings. The molecule has 1 N–H and O–H groups in total. The van der Waals surface area contributed by atoms with E-state index in [0.29, 0.717) is 39.0 Å². The fraction of sp³-hybridized carbons (Fsp3) is 0.579. The first kappa shape index (κ1) is 18.5. The number of carbonyl (C=O) groups excluding carboxylic acids is 1. The lowest BCUT2D eigenvalue weighted by atomic mass is 10.0. The Bertz CT molecular complexity index is 531. The Morgan fingerprint density at radius 2 is 1.88 bits per heavy atom. The minimum absolute atomic E-state index is 0.0869. The highest BCUT2D eigenvalue weighted by Gasteiger charge is 2.35. The predicted octanol–water partition coefficient (Wildman–Crippen LogP) is 2.60. The van der Waals surface area contributed by atoms with Crippen molar-refractivity contribution < 1.29 is 19.4 Å². The molecule has 0 spiro atoms. The summed E-state index contributed by atoms with van der Waals surface area (Å²) in [5.74, 6) is -1.21. The van der Waals surface area contributed by atoms with Crippen LogP contribution in [0.3, 0.4) is 0 Å². The Balaban J connectivity index is 1.87. The number of rotatable bonds is 9. The monoisotopic (exact) mass is 333 g/mol. The predicted molar refractivity (Wildman–Crippen MR) is 91.7 cm³/mol. The Labute approximate surface area is 143 Å². The number of nitrogens with zero attached hydrogens (tertiary/aromatic N) is 1. The van der Waals surface area contributed by atoms with Crippen molar-refractivity contribution in [1.29, 1.82) is 0 Å². The van der Waals surface area contributed by atoms with Crippen LogP contribution in [-0.4, -0.2) is 48.7 Å². The van der Waals surface area contributed by atoms with E-state index in [1.54, 1.807) is 7.11 Å². The molecule has 0 heterocycles. The summed E-state index contributed by atoms with van der Waals surface area (Å²) >= 11 is 0. The molecule has 0 aromatic heterocycles. The second-order valence-electron chi connectivity index (χ2n) is 6.45. The number of aryl methyl sites for hydroxylation is 1. The topological polar surface area (TPSA) is 66.8 Å². The number of carboxylic acids is 1. The van der Waals surface area contributed by atoms with Crippen molar-refractivity contribution in [2.24, 2.45) is 11.8 Å². The number of hydrogen-bond donors (Lipinski definition) is 1. The molecule has 1 aromatic rings. The number of carbonyl (C=O) groups is 2. The van der Waals surface area contributed by atoms with Crippen LogP contribution in [0.5, 0.6) is 0 Å². The highest BCUT2D eigenvalue weighted by atomic mass is 16.5. The van der Waals surface area contributed by atoms with Crippen LogP contribution in [0, 0.1) is 11.8 Å². The van der Waals surface area contributed by atoms with Crippen LogP contribution in [-0.2, 0) is 20.7 Å². The van der Waals surface area contributed by atoms with Crippen molar-refractivity contribution in [1.82, 2.24) is 4.90 Å². The summed E-state index contributed by atoms with van der Waals surface area (Å²) < 4.78 is 5.12. The molecule has 5 nitrogen and oxygen atoms in total. The third kappa shape index (κ3) is 5.34. The van der Waals surface area contributed by atoms with Gasteiger partial charge in [-0.2, -0.15) is 0 Å². The van der Waals surface area contributed by atoms with Crippen LogP contribution in [0.15, 0.2) is 30.3 Å². The number of aliphatic carboxylic acids is 1. The molecule has 1 fully saturated rings. The van der Waals surface area contributed by atoms with E-state index in [9.17, 15) is 9.59 Å². The van der Waals surface area contributed by atoms with Gasteiger partial charge in [-0.3, -0.25) is 9.59 Å². The standard InChI is InChI=1S/C19H27NO4/c1-24-13-12-20(11-5-8-15-6-3-2-4-7-15)18(21)16-9-10-17(14-16)19(22)23/h2-4,6-7,16-17H,5,8-14H2,1H3,(H,22,23)/t16-,17+/m1/s1. The highest BCUT2D eigenvalue weighted by molar-refractivity contribution is 5.81. The van der Waals surface area contributed by atoms with Gasteiger partial charge in [0.15, 0.2) is 0 Å². The van der Waals surface area contributed by atoms with E-state index in [2.05, 4.69) is 12.1 Å². The molecule has 0 saturated heterocycles. The lowest BCUT2D eigenvalue weighted by Gasteiger charge is -2.25. The molecule has 1 amide bonds. The molecule has 2 rings (SSSR count). The van der Waals surface area contributed by atoms with E-state index in [1.165, 1.54) is 5.56 Å². The van der Waals surface area contributed by atoms with Crippen LogP contribution in [0.2, 0.25) is 0 Å². The number of amides is 1. The number of ether oxygens (including phenoxy) is 1. The molecular weight excluding hydrogens is 306 g/mol. The Kier molecular flexibility index (Phi) is 7.25. The molecular formula is C19H27NO4. The van der Waals surface area contributed by atoms with Gasteiger partial charge in [0.25, 0.3) is 0 Å². The smallest absolute Gasteiger partial charge is 0.306 e. The zero-order valence-electron chi connectivity index (χ0n) is 14.3. The van der Waals surface area contributed by atoms with E-state index >= 15 is 0 Å². The third-order valence-electron chi connectivity index (χ3n) is 4.74. The van der Waals surface area contributed by atoms with Crippen LogP contribution in [0.4, 0.5) is 0 Å². The summed E-state index contributed by atoms with van der Waals surface area (Å²) in [6.45, 7) is 1.76. The van der Waals surface area contributed by atoms with E-state index in [1.807, 2.05) is 23.1 Å². The van der Waals surface area contributed by atoms with Crippen molar-refractivity contribution >= 4 is 11.9 Å². The van der Waals surface area contributed by atoms with Gasteiger partial charge >= 0.3 is 5.97 Å². The SMILES string of the molecule is COCCN(CCCc1ccccc1)C(=O)[C@@H]1CC[C@H](C(=O)O)C1. The van der Waals surface area contributed by atoms with E-state index in [4.69, 9.17) is 9.84 Å². The van der Waals surface area contributed by atoms with Crippen molar-refractivity contribution in [3.8, 4) is 0 Å². The van der Waals surface area contributed by atoms with Gasteiger partial charge in [0.2, 0.25) is 5.91 Å². The van der Waals surface area contributed by atoms with Gasteiger partial charge in [-0.1, -0.05) is 30.3 Å². The largest absolute Gasteiger partial charge is 0.481 e. The maximum Gasteiger partial charge on any atom is 0.306 e. The highest BCUT2D eigenvalue weighted by Crippen LogP contribution is 2.32. The Morgan fingerprint density at radius 3 is 2.50 bits per heavy atom. The van der Waals surface area contributed by atoms with Gasteiger partial charge in [0.1, 0.15) is 0 Å². The summed E-state index contributed by atoms with van der Waals surface area (Å²) in [6, 6.07) is 10.2. The quantitative estimate of drug-likeness (QED) is 0.754. The van der Waals surface area contributed by atoms with Gasteiger partial charge in [-0.15, -0.1) is 0 Å². The van der Waals surface area contributed by atoms with E-state index in [0.717, 1.165) is 12.8 Å². The first-order chi connectivity index (χ1) is 11.6. The Hall–Kier alpha value is -1.88. The van der Waals surface area contributed by atoms with Gasteiger partial charge in [0.05, 0.1) is 12.5 Å². The minimum Gasteiger partial charge on any atom is -0.481 e. The molecule has 0 aliphatic heterocycles. The minimum atomic E-state index is -0.780. The van der Waals surface area contributed by atoms with Gasteiger partial charge in [-0.25, -0.2) is 0 Å². The molecule has 0 unspecified atom stereocenters. The summed E-state index contributed by atoms with van der Waals surface area (Å²) in [5.41, 5.74) is 1.27. The summed E-state index contributed by atoms with van der Waals surface area (Å²) in [5, 5.41) is 9.12. The average Bonchev–Trinajstić information content (AvgIpc) is 3.08. The number of benzene rings is 1. The first-order valence-corrected chi connectivity index (χ1v) is 8.66. The lowest BCUT2D eigenvalue weighted by molar-refractivity contribution is -0.141. The number of methoxy groups -OCH3 is 1. The van der Waals surface area contributed by atoms with Crippen molar-refractivity contribution in [2.75, 3.05) is 26.8 Å². The molecule has 0 bridgehead atoms. The first-order valence-electron chi connectivity index (χ1n) is 8.66. The third-order valence-corrected chi connectivity index (χ3v) is 4.74. The van der Waals surface area contributed by atoms with Crippen molar-refractivity contribution in [3.05, 3.63) is 35.9 Å². The molecule has 24 heavy (non-hydrogen) atoms. The van der Waals surface area contributed by atoms with Gasteiger partial charge < -0.3 is 14.7 Å². The summed E-state index contributed by atoms with van der Waals surface area (Å²) in [6.07, 6.45) is 3.58. The molecule has 5 heteroatoms. The maximum atomic E-state index is 12.7. The van der Waals surface area contributed by atoms with E-state index in [-0.39, 0.29) is 17.7 Å². The zero-order chi connectivity index (χ0) is 17.4.